The number of nitrogens with zero attached hydrogens (tertiary/aromatic N) is 3. The molecule has 3 aromatic carbocycles. The number of nitrogens with one attached hydrogen (secondary N) is 1. The summed E-state index contributed by atoms with van der Waals surface area (Å²) in [6, 6.07) is 19.3. The summed E-state index contributed by atoms with van der Waals surface area (Å²) in [7, 11) is -3.51. The predicted octanol–water partition coefficient (Wildman–Crippen LogP) is 5.50. The first-order valence-corrected chi connectivity index (χ1v) is 11.9. The van der Waals surface area contributed by atoms with Gasteiger partial charge in [-0.05, 0) is 53.6 Å². The van der Waals surface area contributed by atoms with Gasteiger partial charge in [-0.15, -0.1) is 0 Å². The number of hydrogen-bond donors (Lipinski definition) is 1. The van der Waals surface area contributed by atoms with Gasteiger partial charge >= 0.3 is 6.18 Å². The van der Waals surface area contributed by atoms with Crippen molar-refractivity contribution in [3.05, 3.63) is 94.7 Å². The Bertz CT molecular complexity index is 1480. The molecule has 12 heteroatoms. The van der Waals surface area contributed by atoms with Crippen LogP contribution in [0.3, 0.4) is 0 Å². The largest absolute Gasteiger partial charge is 0.435 e. The number of non-ortho nitro benzene ring substituents is 1. The van der Waals surface area contributed by atoms with Crippen molar-refractivity contribution in [1.82, 2.24) is 9.78 Å². The zero-order valence-electron chi connectivity index (χ0n) is 18.0. The van der Waals surface area contributed by atoms with Crippen LogP contribution in [0, 0.1) is 10.1 Å². The number of benzene rings is 3. The Balaban J connectivity index is 1.71. The molecule has 8 nitrogen and oxygen atoms in total. The Morgan fingerprint density at radius 3 is 1.89 bits per heavy atom. The summed E-state index contributed by atoms with van der Waals surface area (Å²) in [6.07, 6.45) is -3.68. The Morgan fingerprint density at radius 2 is 1.40 bits per heavy atom. The Morgan fingerprint density at radius 1 is 0.886 bits per heavy atom. The van der Waals surface area contributed by atoms with Crippen molar-refractivity contribution < 1.29 is 26.5 Å². The van der Waals surface area contributed by atoms with Gasteiger partial charge in [0, 0.05) is 23.4 Å². The second kappa shape index (κ2) is 8.87. The van der Waals surface area contributed by atoms with Gasteiger partial charge in [-0.1, -0.05) is 24.3 Å². The maximum atomic E-state index is 13.4. The molecule has 0 atom stereocenters. The lowest BCUT2D eigenvalue weighted by Gasteiger charge is -2.10. The molecule has 0 spiro atoms. The fourth-order valence-corrected chi connectivity index (χ4v) is 3.98. The highest BCUT2D eigenvalue weighted by Gasteiger charge is 2.35. The SMILES string of the molecule is CS(=O)(=O)Nc1ccc(-n2nc(C(F)(F)F)cc2-c2ccc(-c3ccc([N+](=O)[O-])cc3)cc2)cc1. The molecule has 0 aliphatic carbocycles. The quantitative estimate of drug-likeness (QED) is 0.277. The summed E-state index contributed by atoms with van der Waals surface area (Å²) in [5.74, 6) is 0. The maximum absolute atomic E-state index is 13.4. The number of rotatable bonds is 6. The van der Waals surface area contributed by atoms with Crippen molar-refractivity contribution in [2.75, 3.05) is 11.0 Å². The van der Waals surface area contributed by atoms with Crippen molar-refractivity contribution in [1.29, 1.82) is 0 Å². The summed E-state index contributed by atoms with van der Waals surface area (Å²) >= 11 is 0. The topological polar surface area (TPSA) is 107 Å². The number of hydrogen-bond acceptors (Lipinski definition) is 5. The number of nitro groups is 1. The minimum absolute atomic E-state index is 0.0493. The maximum Gasteiger partial charge on any atom is 0.435 e. The van der Waals surface area contributed by atoms with Gasteiger partial charge in [0.1, 0.15) is 0 Å². The molecule has 4 aromatic rings. The summed E-state index contributed by atoms with van der Waals surface area (Å²) < 4.78 is 66.5. The number of halogens is 3. The molecule has 180 valence electrons. The monoisotopic (exact) mass is 502 g/mol. The van der Waals surface area contributed by atoms with Gasteiger partial charge in [-0.2, -0.15) is 18.3 Å². The second-order valence-electron chi connectivity index (χ2n) is 7.63. The fourth-order valence-electron chi connectivity index (χ4n) is 3.42. The van der Waals surface area contributed by atoms with E-state index in [1.54, 1.807) is 36.4 Å². The molecule has 1 heterocycles. The Hall–Kier alpha value is -4.19. The molecule has 0 saturated heterocycles. The minimum atomic E-state index is -4.67. The van der Waals surface area contributed by atoms with Crippen LogP contribution in [0.25, 0.3) is 28.1 Å². The first-order valence-electron chi connectivity index (χ1n) is 10.0. The lowest BCUT2D eigenvalue weighted by molar-refractivity contribution is -0.384. The molecule has 0 aliphatic heterocycles. The highest BCUT2D eigenvalue weighted by molar-refractivity contribution is 7.92. The number of alkyl halides is 3. The standard InChI is InChI=1S/C23H17F3N4O4S/c1-35(33,34)28-18-8-12-19(13-9-18)29-21(14-22(27-29)23(24,25)26)17-4-2-15(3-5-17)16-6-10-20(11-7-16)30(31)32/h2-14,28H,1H3. The number of nitro benzene ring substituents is 1. The molecule has 0 unspecified atom stereocenters. The smallest absolute Gasteiger partial charge is 0.284 e. The molecule has 0 amide bonds. The third-order valence-corrected chi connectivity index (χ3v) is 5.61. The number of anilines is 1. The van der Waals surface area contributed by atoms with E-state index in [0.717, 1.165) is 22.6 Å². The third-order valence-electron chi connectivity index (χ3n) is 5.01. The number of aromatic nitrogens is 2. The van der Waals surface area contributed by atoms with Crippen LogP contribution < -0.4 is 4.72 Å². The zero-order chi connectivity index (χ0) is 25.4. The van der Waals surface area contributed by atoms with E-state index < -0.39 is 26.8 Å². The highest BCUT2D eigenvalue weighted by Crippen LogP contribution is 2.34. The molecule has 0 radical (unpaired) electrons. The van der Waals surface area contributed by atoms with Crippen LogP contribution in [0.15, 0.2) is 78.9 Å². The molecule has 0 saturated carbocycles. The van der Waals surface area contributed by atoms with Crippen LogP contribution >= 0.6 is 0 Å². The normalized spacial score (nSPS) is 11.9. The highest BCUT2D eigenvalue weighted by atomic mass is 32.2. The van der Waals surface area contributed by atoms with Crippen molar-refractivity contribution in [2.45, 2.75) is 6.18 Å². The lowest BCUT2D eigenvalue weighted by atomic mass is 10.0. The molecular weight excluding hydrogens is 485 g/mol. The van der Waals surface area contributed by atoms with Crippen molar-refractivity contribution in [2.24, 2.45) is 0 Å². The molecule has 35 heavy (non-hydrogen) atoms. The number of sulfonamides is 1. The molecular formula is C23H17F3N4O4S. The van der Waals surface area contributed by atoms with Crippen LogP contribution in [-0.4, -0.2) is 29.4 Å². The van der Waals surface area contributed by atoms with E-state index in [0.29, 0.717) is 16.8 Å². The average Bonchev–Trinajstić information content (AvgIpc) is 3.25. The average molecular weight is 502 g/mol. The van der Waals surface area contributed by atoms with E-state index in [4.69, 9.17) is 0 Å². The summed E-state index contributed by atoms with van der Waals surface area (Å²) in [6.45, 7) is 0. The summed E-state index contributed by atoms with van der Waals surface area (Å²) in [5, 5.41) is 14.6. The fraction of sp³-hybridized carbons (Fsp3) is 0.0870. The van der Waals surface area contributed by atoms with Crippen LogP contribution in [0.5, 0.6) is 0 Å². The first-order chi connectivity index (χ1) is 16.4. The van der Waals surface area contributed by atoms with Gasteiger partial charge in [0.15, 0.2) is 5.69 Å². The van der Waals surface area contributed by atoms with Gasteiger partial charge in [0.25, 0.3) is 5.69 Å². The van der Waals surface area contributed by atoms with Crippen LogP contribution in [0.1, 0.15) is 5.69 Å². The Kier molecular flexibility index (Phi) is 6.07. The van der Waals surface area contributed by atoms with E-state index in [2.05, 4.69) is 9.82 Å². The molecule has 1 N–H and O–H groups in total. The van der Waals surface area contributed by atoms with Gasteiger partial charge in [-0.3, -0.25) is 14.8 Å². The minimum Gasteiger partial charge on any atom is -0.284 e. The predicted molar refractivity (Wildman–Crippen MR) is 125 cm³/mol. The molecule has 0 aliphatic rings. The van der Waals surface area contributed by atoms with E-state index in [9.17, 15) is 31.7 Å². The molecule has 4 rings (SSSR count). The molecule has 1 aromatic heterocycles. The third kappa shape index (κ3) is 5.49. The van der Waals surface area contributed by atoms with Crippen LogP contribution in [0.2, 0.25) is 0 Å². The summed E-state index contributed by atoms with van der Waals surface area (Å²) in [5.41, 5.74) is 1.50. The van der Waals surface area contributed by atoms with Gasteiger partial charge in [-0.25, -0.2) is 13.1 Å². The van der Waals surface area contributed by atoms with Crippen LogP contribution in [0.4, 0.5) is 24.5 Å². The molecule has 0 bridgehead atoms. The molecule has 0 fully saturated rings. The van der Waals surface area contributed by atoms with Gasteiger partial charge < -0.3 is 0 Å². The second-order valence-corrected chi connectivity index (χ2v) is 9.38. The van der Waals surface area contributed by atoms with Crippen molar-refractivity contribution in [3.8, 4) is 28.1 Å². The lowest BCUT2D eigenvalue weighted by Crippen LogP contribution is -2.10. The zero-order valence-corrected chi connectivity index (χ0v) is 18.8. The summed E-state index contributed by atoms with van der Waals surface area (Å²) in [4.78, 5) is 10.3. The van der Waals surface area contributed by atoms with E-state index in [1.807, 2.05) is 0 Å². The van der Waals surface area contributed by atoms with Gasteiger partial charge in [0.2, 0.25) is 10.0 Å². The van der Waals surface area contributed by atoms with E-state index >= 15 is 0 Å². The van der Waals surface area contributed by atoms with Crippen molar-refractivity contribution >= 4 is 21.4 Å². The van der Waals surface area contributed by atoms with E-state index in [1.165, 1.54) is 36.4 Å². The van der Waals surface area contributed by atoms with E-state index in [-0.39, 0.29) is 17.1 Å². The Labute approximate surface area is 197 Å². The van der Waals surface area contributed by atoms with Crippen molar-refractivity contribution in [3.63, 3.8) is 0 Å². The first kappa shape index (κ1) is 24.0. The van der Waals surface area contributed by atoms with Crippen LogP contribution in [-0.2, 0) is 16.2 Å². The van der Waals surface area contributed by atoms with Gasteiger partial charge in [0.05, 0.1) is 22.6 Å².